The maximum absolute atomic E-state index is 11.6. The van der Waals surface area contributed by atoms with Gasteiger partial charge in [0.25, 0.3) is 5.91 Å². The Kier molecular flexibility index (Phi) is 4.86. The number of aromatic nitrogens is 2. The molecule has 0 aliphatic carbocycles. The van der Waals surface area contributed by atoms with Gasteiger partial charge >= 0.3 is 0 Å². The van der Waals surface area contributed by atoms with Gasteiger partial charge < -0.3 is 10.1 Å². The highest BCUT2D eigenvalue weighted by molar-refractivity contribution is 6.29. The number of piperidine rings is 1. The summed E-state index contributed by atoms with van der Waals surface area (Å²) in [5.41, 5.74) is 0. The van der Waals surface area contributed by atoms with Gasteiger partial charge in [0.15, 0.2) is 0 Å². The highest BCUT2D eigenvalue weighted by atomic mass is 35.5. The molecule has 1 aliphatic heterocycles. The maximum atomic E-state index is 11.6. The molecule has 18 heavy (non-hydrogen) atoms. The Hall–Kier alpha value is -1.24. The van der Waals surface area contributed by atoms with Crippen molar-refractivity contribution < 1.29 is 9.53 Å². The van der Waals surface area contributed by atoms with E-state index < -0.39 is 0 Å². The van der Waals surface area contributed by atoms with E-state index in [9.17, 15) is 4.79 Å². The number of halogens is 1. The van der Waals surface area contributed by atoms with Crippen molar-refractivity contribution >= 4 is 23.5 Å². The van der Waals surface area contributed by atoms with Crippen LogP contribution in [-0.2, 0) is 9.53 Å². The fourth-order valence-corrected chi connectivity index (χ4v) is 1.85. The summed E-state index contributed by atoms with van der Waals surface area (Å²) in [5.74, 6) is -0.0720. The van der Waals surface area contributed by atoms with Crippen molar-refractivity contribution in [2.24, 2.45) is 0 Å². The molecule has 1 amide bonds. The topological polar surface area (TPSA) is 76.1 Å². The first-order chi connectivity index (χ1) is 8.74. The second kappa shape index (κ2) is 6.63. The third kappa shape index (κ3) is 4.21. The van der Waals surface area contributed by atoms with E-state index >= 15 is 0 Å². The van der Waals surface area contributed by atoms with Crippen molar-refractivity contribution in [1.29, 1.82) is 0 Å². The Bertz CT molecular complexity index is 410. The number of carbonyl (C=O) groups excluding carboxylic acids is 1. The Balaban J connectivity index is 1.74. The normalized spacial score (nSPS) is 16.5. The zero-order valence-corrected chi connectivity index (χ0v) is 10.6. The smallest absolute Gasteiger partial charge is 0.252 e. The number of ether oxygens (including phenoxy) is 1. The second-order valence-electron chi connectivity index (χ2n) is 4.01. The van der Waals surface area contributed by atoms with Crippen LogP contribution in [0.2, 0.25) is 5.15 Å². The molecule has 0 atom stereocenters. The lowest BCUT2D eigenvalue weighted by molar-refractivity contribution is -0.123. The highest BCUT2D eigenvalue weighted by Gasteiger charge is 2.15. The van der Waals surface area contributed by atoms with Crippen LogP contribution in [0.5, 0.6) is 0 Å². The van der Waals surface area contributed by atoms with Gasteiger partial charge in [-0.1, -0.05) is 11.6 Å². The van der Waals surface area contributed by atoms with E-state index in [1.165, 1.54) is 6.20 Å². The summed E-state index contributed by atoms with van der Waals surface area (Å²) in [5, 5.41) is 6.06. The third-order valence-electron chi connectivity index (χ3n) is 2.61. The van der Waals surface area contributed by atoms with Crippen molar-refractivity contribution in [1.82, 2.24) is 15.3 Å². The Morgan fingerprint density at radius 1 is 1.56 bits per heavy atom. The molecular formula is C11H15ClN4O2. The molecule has 7 heteroatoms. The van der Waals surface area contributed by atoms with Gasteiger partial charge in [-0.3, -0.25) is 10.1 Å². The SMILES string of the molecule is O=C(COC1CCNCC1)Nc1nccc(Cl)n1. The van der Waals surface area contributed by atoms with Crippen LogP contribution >= 0.6 is 11.6 Å². The molecule has 1 aliphatic rings. The summed E-state index contributed by atoms with van der Waals surface area (Å²) in [6.45, 7) is 1.88. The van der Waals surface area contributed by atoms with Crippen molar-refractivity contribution in [3.8, 4) is 0 Å². The fourth-order valence-electron chi connectivity index (χ4n) is 1.71. The largest absolute Gasteiger partial charge is 0.368 e. The number of hydrogen-bond acceptors (Lipinski definition) is 5. The maximum Gasteiger partial charge on any atom is 0.252 e. The van der Waals surface area contributed by atoms with E-state index in [4.69, 9.17) is 16.3 Å². The predicted octanol–water partition coefficient (Wildman–Crippen LogP) is 0.837. The van der Waals surface area contributed by atoms with Crippen molar-refractivity contribution in [2.45, 2.75) is 18.9 Å². The predicted molar refractivity (Wildman–Crippen MR) is 67.5 cm³/mol. The fraction of sp³-hybridized carbons (Fsp3) is 0.545. The molecule has 0 aromatic carbocycles. The summed E-state index contributed by atoms with van der Waals surface area (Å²) in [7, 11) is 0. The van der Waals surface area contributed by atoms with Crippen molar-refractivity contribution in [3.05, 3.63) is 17.4 Å². The van der Waals surface area contributed by atoms with Crippen LogP contribution < -0.4 is 10.6 Å². The number of nitrogens with zero attached hydrogens (tertiary/aromatic N) is 2. The highest BCUT2D eigenvalue weighted by Crippen LogP contribution is 2.08. The summed E-state index contributed by atoms with van der Waals surface area (Å²) in [4.78, 5) is 19.3. The summed E-state index contributed by atoms with van der Waals surface area (Å²) in [6.07, 6.45) is 3.50. The molecule has 0 radical (unpaired) electrons. The molecule has 98 valence electrons. The van der Waals surface area contributed by atoms with E-state index in [1.54, 1.807) is 6.07 Å². The Morgan fingerprint density at radius 3 is 3.06 bits per heavy atom. The molecule has 6 nitrogen and oxygen atoms in total. The second-order valence-corrected chi connectivity index (χ2v) is 4.40. The van der Waals surface area contributed by atoms with Gasteiger partial charge in [-0.25, -0.2) is 9.97 Å². The summed E-state index contributed by atoms with van der Waals surface area (Å²) in [6, 6.07) is 1.54. The number of amides is 1. The molecule has 1 aromatic rings. The van der Waals surface area contributed by atoms with Crippen molar-refractivity contribution in [2.75, 3.05) is 25.0 Å². The molecule has 1 aromatic heterocycles. The van der Waals surface area contributed by atoms with E-state index in [1.807, 2.05) is 0 Å². The Labute approximate surface area is 110 Å². The molecule has 0 spiro atoms. The van der Waals surface area contributed by atoms with E-state index in [2.05, 4.69) is 20.6 Å². The summed E-state index contributed by atoms with van der Waals surface area (Å²) >= 11 is 5.69. The standard InChI is InChI=1S/C11H15ClN4O2/c12-9-3-6-14-11(15-9)16-10(17)7-18-8-1-4-13-5-2-8/h3,6,8,13H,1-2,4-5,7H2,(H,14,15,16,17). The van der Waals surface area contributed by atoms with Crippen molar-refractivity contribution in [3.63, 3.8) is 0 Å². The molecule has 2 N–H and O–H groups in total. The van der Waals surface area contributed by atoms with E-state index in [0.29, 0.717) is 5.15 Å². The van der Waals surface area contributed by atoms with Gasteiger partial charge in [-0.05, 0) is 32.0 Å². The van der Waals surface area contributed by atoms with E-state index in [0.717, 1.165) is 25.9 Å². The van der Waals surface area contributed by atoms with Crippen LogP contribution in [0, 0.1) is 0 Å². The molecule has 1 saturated heterocycles. The lowest BCUT2D eigenvalue weighted by Gasteiger charge is -2.22. The van der Waals surface area contributed by atoms with Crippen LogP contribution in [0.4, 0.5) is 5.95 Å². The number of nitrogens with one attached hydrogen (secondary N) is 2. The van der Waals surface area contributed by atoms with Crippen LogP contribution in [0.25, 0.3) is 0 Å². The molecule has 1 fully saturated rings. The van der Waals surface area contributed by atoms with Crippen LogP contribution in [0.1, 0.15) is 12.8 Å². The van der Waals surface area contributed by atoms with Crippen LogP contribution in [0.15, 0.2) is 12.3 Å². The third-order valence-corrected chi connectivity index (χ3v) is 2.82. The first kappa shape index (κ1) is 13.2. The zero-order valence-electron chi connectivity index (χ0n) is 9.86. The minimum Gasteiger partial charge on any atom is -0.368 e. The number of rotatable bonds is 4. The molecule has 0 bridgehead atoms. The minimum absolute atomic E-state index is 0.0144. The first-order valence-corrected chi connectivity index (χ1v) is 6.22. The molecule has 2 rings (SSSR count). The Morgan fingerprint density at radius 2 is 2.33 bits per heavy atom. The number of anilines is 1. The van der Waals surface area contributed by atoms with Crippen LogP contribution in [0.3, 0.4) is 0 Å². The molecular weight excluding hydrogens is 256 g/mol. The molecule has 0 saturated carbocycles. The molecule has 0 unspecified atom stereocenters. The van der Waals surface area contributed by atoms with Gasteiger partial charge in [-0.2, -0.15) is 0 Å². The molecule has 2 heterocycles. The van der Waals surface area contributed by atoms with Gasteiger partial charge in [-0.15, -0.1) is 0 Å². The van der Waals surface area contributed by atoms with Gasteiger partial charge in [0.05, 0.1) is 6.10 Å². The number of carbonyl (C=O) groups is 1. The number of hydrogen-bond donors (Lipinski definition) is 2. The monoisotopic (exact) mass is 270 g/mol. The average molecular weight is 271 g/mol. The summed E-state index contributed by atoms with van der Waals surface area (Å²) < 4.78 is 5.51. The van der Waals surface area contributed by atoms with E-state index in [-0.39, 0.29) is 24.6 Å². The van der Waals surface area contributed by atoms with Gasteiger partial charge in [0.1, 0.15) is 11.8 Å². The van der Waals surface area contributed by atoms with Crippen LogP contribution in [-0.4, -0.2) is 41.7 Å². The van der Waals surface area contributed by atoms with Gasteiger partial charge in [0.2, 0.25) is 5.95 Å². The lowest BCUT2D eigenvalue weighted by atomic mass is 10.1. The average Bonchev–Trinajstić information content (AvgIpc) is 2.38. The quantitative estimate of drug-likeness (QED) is 0.793. The lowest BCUT2D eigenvalue weighted by Crippen LogP contribution is -2.34. The first-order valence-electron chi connectivity index (χ1n) is 5.85. The zero-order chi connectivity index (χ0) is 12.8. The van der Waals surface area contributed by atoms with Gasteiger partial charge in [0, 0.05) is 6.20 Å². The minimum atomic E-state index is -0.268.